The van der Waals surface area contributed by atoms with E-state index in [1.165, 1.54) is 0 Å². The van der Waals surface area contributed by atoms with Gasteiger partial charge in [0.25, 0.3) is 17.7 Å². The minimum atomic E-state index is -0.971. The second-order valence-electron chi connectivity index (χ2n) is 17.1. The van der Waals surface area contributed by atoms with Crippen LogP contribution in [0.25, 0.3) is 4.85 Å². The molecule has 1 saturated heterocycles. The van der Waals surface area contributed by atoms with E-state index in [-0.39, 0.29) is 47.6 Å². The van der Waals surface area contributed by atoms with Crippen LogP contribution in [0, 0.1) is 23.3 Å². The van der Waals surface area contributed by atoms with Crippen LogP contribution < -0.4 is 15.4 Å². The number of benzene rings is 2. The van der Waals surface area contributed by atoms with Gasteiger partial charge in [-0.1, -0.05) is 45.4 Å². The van der Waals surface area contributed by atoms with Crippen molar-refractivity contribution in [2.24, 2.45) is 16.7 Å². The molecule has 3 fully saturated rings. The Bertz CT molecular complexity index is 2150. The summed E-state index contributed by atoms with van der Waals surface area (Å²) in [5.74, 6) is -0.148. The molecule has 2 aromatic carbocycles. The Morgan fingerprint density at radius 3 is 2.14 bits per heavy atom. The normalized spacial score (nSPS) is 26.5. The van der Waals surface area contributed by atoms with E-state index in [0.29, 0.717) is 52.2 Å². The number of carbonyl (C=O) groups is 5. The summed E-state index contributed by atoms with van der Waals surface area (Å²) >= 11 is 6.25. The monoisotopic (exact) mass is 777 g/mol. The van der Waals surface area contributed by atoms with E-state index < -0.39 is 29.7 Å². The van der Waals surface area contributed by atoms with Gasteiger partial charge in [0, 0.05) is 61.2 Å². The van der Waals surface area contributed by atoms with E-state index in [9.17, 15) is 24.0 Å². The average molecular weight is 778 g/mol. The van der Waals surface area contributed by atoms with Crippen molar-refractivity contribution < 1.29 is 28.7 Å². The summed E-state index contributed by atoms with van der Waals surface area (Å²) in [5.41, 5.74) is 2.70. The molecular weight excluding hydrogens is 734 g/mol. The summed E-state index contributed by atoms with van der Waals surface area (Å²) in [7, 11) is 0. The van der Waals surface area contributed by atoms with Crippen molar-refractivity contribution >= 4 is 46.8 Å². The molecule has 13 nitrogen and oxygen atoms in total. The second-order valence-corrected chi connectivity index (χ2v) is 17.5. The minimum absolute atomic E-state index is 0.0902. The molecule has 2 N–H and O–H groups in total. The summed E-state index contributed by atoms with van der Waals surface area (Å²) < 4.78 is 6.36. The van der Waals surface area contributed by atoms with Crippen molar-refractivity contribution in [2.45, 2.75) is 103 Å². The molecule has 3 aliphatic heterocycles. The number of nitrogens with zero attached hydrogens (tertiary/aromatic N) is 5. The van der Waals surface area contributed by atoms with E-state index in [2.05, 4.69) is 58.0 Å². The lowest BCUT2D eigenvalue weighted by Gasteiger charge is -2.63. The Kier molecular flexibility index (Phi) is 9.48. The molecule has 290 valence electrons. The van der Waals surface area contributed by atoms with Gasteiger partial charge in [0.2, 0.25) is 17.5 Å². The molecular formula is C42H44ClN7O6. The highest BCUT2D eigenvalue weighted by molar-refractivity contribution is 6.33. The van der Waals surface area contributed by atoms with Gasteiger partial charge in [-0.3, -0.25) is 39.1 Å². The van der Waals surface area contributed by atoms with Gasteiger partial charge in [-0.2, -0.15) is 0 Å². The van der Waals surface area contributed by atoms with Crippen LogP contribution in [0.3, 0.4) is 0 Å². The number of nitrogens with one attached hydrogen (secondary N) is 2. The number of imide groups is 2. The van der Waals surface area contributed by atoms with Crippen LogP contribution in [0.1, 0.15) is 120 Å². The van der Waals surface area contributed by atoms with Crippen LogP contribution in [-0.4, -0.2) is 74.0 Å². The molecule has 0 spiro atoms. The van der Waals surface area contributed by atoms with E-state index >= 15 is 0 Å². The zero-order valence-corrected chi connectivity index (χ0v) is 32.6. The molecule has 5 aliphatic rings. The standard InChI is InChI=1S/C42H44ClN7O6/c1-41(2)39(42(3,4)40(41)56-27-10-11-31(44-5)30(43)16-27)48-35(52)26-17-45-34(46-18-26)23-8-6-22(7-9-23)19-49-20-24-14-28-29(15-25(24)21-49)38(55)50(37(28)54)32-12-13-33(51)47-36(32)53/h10-11,14-18,22-23,32,39-40H,6-9,12-13,19-21H2,1-4H3,(H,48,52)(H,47,51,53). The molecule has 1 aromatic heterocycles. The summed E-state index contributed by atoms with van der Waals surface area (Å²) in [6, 6.07) is 7.53. The van der Waals surface area contributed by atoms with Gasteiger partial charge < -0.3 is 10.1 Å². The van der Waals surface area contributed by atoms with E-state index in [0.717, 1.165) is 54.1 Å². The highest BCUT2D eigenvalue weighted by atomic mass is 35.5. The van der Waals surface area contributed by atoms with Crippen molar-refractivity contribution in [3.63, 3.8) is 0 Å². The largest absolute Gasteiger partial charge is 0.489 e. The smallest absolute Gasteiger partial charge is 0.262 e. The highest BCUT2D eigenvalue weighted by Crippen LogP contribution is 2.56. The zero-order valence-electron chi connectivity index (χ0n) is 31.9. The summed E-state index contributed by atoms with van der Waals surface area (Å²) in [6.07, 6.45) is 7.19. The maximum Gasteiger partial charge on any atom is 0.262 e. The molecule has 4 heterocycles. The number of fused-ring (bicyclic) bond motifs is 2. The first kappa shape index (κ1) is 37.7. The van der Waals surface area contributed by atoms with Gasteiger partial charge in [-0.25, -0.2) is 14.8 Å². The van der Waals surface area contributed by atoms with Crippen molar-refractivity contribution in [3.05, 3.63) is 92.8 Å². The molecule has 56 heavy (non-hydrogen) atoms. The quantitative estimate of drug-likeness (QED) is 0.208. The number of carbonyl (C=O) groups excluding carboxylic acids is 5. The summed E-state index contributed by atoms with van der Waals surface area (Å²) in [6.45, 7) is 17.8. The number of hydrogen-bond donors (Lipinski definition) is 2. The molecule has 2 aliphatic carbocycles. The third-order valence-corrected chi connectivity index (χ3v) is 12.9. The lowest BCUT2D eigenvalue weighted by atomic mass is 9.49. The number of ether oxygens (including phenoxy) is 1. The molecule has 1 unspecified atom stereocenters. The van der Waals surface area contributed by atoms with Crippen LogP contribution in [-0.2, 0) is 22.7 Å². The predicted molar refractivity (Wildman–Crippen MR) is 205 cm³/mol. The van der Waals surface area contributed by atoms with Crippen molar-refractivity contribution in [1.82, 2.24) is 30.4 Å². The Labute approximate surface area is 330 Å². The molecule has 2 saturated carbocycles. The Morgan fingerprint density at radius 1 is 0.946 bits per heavy atom. The average Bonchev–Trinajstić information content (AvgIpc) is 3.67. The van der Waals surface area contributed by atoms with Crippen molar-refractivity contribution in [3.8, 4) is 5.75 Å². The van der Waals surface area contributed by atoms with Crippen LogP contribution in [0.2, 0.25) is 5.02 Å². The predicted octanol–water partition coefficient (Wildman–Crippen LogP) is 5.98. The Hall–Kier alpha value is -5.19. The van der Waals surface area contributed by atoms with E-state index in [1.807, 2.05) is 12.1 Å². The van der Waals surface area contributed by atoms with Crippen LogP contribution >= 0.6 is 11.6 Å². The number of amides is 5. The van der Waals surface area contributed by atoms with Crippen molar-refractivity contribution in [1.29, 1.82) is 0 Å². The summed E-state index contributed by atoms with van der Waals surface area (Å²) in [5, 5.41) is 5.80. The van der Waals surface area contributed by atoms with Gasteiger partial charge >= 0.3 is 0 Å². The molecule has 0 radical (unpaired) electrons. The topological polar surface area (TPSA) is 155 Å². The molecule has 8 rings (SSSR count). The fourth-order valence-corrected chi connectivity index (χ4v) is 10.2. The highest BCUT2D eigenvalue weighted by Gasteiger charge is 2.64. The number of halogens is 1. The third kappa shape index (κ3) is 6.52. The SMILES string of the molecule is [C-]#[N+]c1ccc(OC2C(C)(C)C(NC(=O)c3cnc(C4CCC(CN5Cc6cc7c(cc6C5)C(=O)N(C5CCC(=O)NC5=O)C7=O)CC4)nc3)C2(C)C)cc1Cl. The van der Waals surface area contributed by atoms with Gasteiger partial charge in [0.1, 0.15) is 23.7 Å². The van der Waals surface area contributed by atoms with Gasteiger partial charge in [-0.15, -0.1) is 0 Å². The fraction of sp³-hybridized carbons (Fsp3) is 0.476. The fourth-order valence-electron chi connectivity index (χ4n) is 10.0. The lowest BCUT2D eigenvalue weighted by molar-refractivity contribution is -0.164. The number of hydrogen-bond acceptors (Lipinski definition) is 9. The first-order valence-corrected chi connectivity index (χ1v) is 19.6. The van der Waals surface area contributed by atoms with Gasteiger partial charge in [-0.05, 0) is 73.4 Å². The first-order chi connectivity index (χ1) is 26.6. The maximum absolute atomic E-state index is 13.4. The van der Waals surface area contributed by atoms with Gasteiger partial charge in [0.05, 0.1) is 28.3 Å². The second kappa shape index (κ2) is 14.1. The molecule has 5 amide bonds. The zero-order chi connectivity index (χ0) is 39.7. The third-order valence-electron chi connectivity index (χ3n) is 12.6. The van der Waals surface area contributed by atoms with E-state index in [4.69, 9.17) is 22.9 Å². The molecule has 14 heteroatoms. The van der Waals surface area contributed by atoms with Crippen LogP contribution in [0.4, 0.5) is 5.69 Å². The maximum atomic E-state index is 13.4. The Morgan fingerprint density at radius 2 is 1.57 bits per heavy atom. The van der Waals surface area contributed by atoms with Crippen molar-refractivity contribution in [2.75, 3.05) is 6.54 Å². The summed E-state index contributed by atoms with van der Waals surface area (Å²) in [4.78, 5) is 80.2. The lowest BCUT2D eigenvalue weighted by Crippen LogP contribution is -2.74. The first-order valence-electron chi connectivity index (χ1n) is 19.2. The number of aromatic nitrogens is 2. The number of piperidine rings is 1. The molecule has 0 bridgehead atoms. The van der Waals surface area contributed by atoms with Crippen LogP contribution in [0.15, 0.2) is 42.7 Å². The molecule has 3 aromatic rings. The molecule has 1 atom stereocenters. The van der Waals surface area contributed by atoms with E-state index in [1.54, 1.807) is 30.6 Å². The van der Waals surface area contributed by atoms with Crippen LogP contribution in [0.5, 0.6) is 5.75 Å². The Balaban J connectivity index is 0.822. The minimum Gasteiger partial charge on any atom is -0.489 e. The van der Waals surface area contributed by atoms with Gasteiger partial charge in [0.15, 0.2) is 0 Å². The number of rotatable bonds is 8.